The van der Waals surface area contributed by atoms with Crippen LogP contribution in [-0.4, -0.2) is 27.0 Å². The van der Waals surface area contributed by atoms with Crippen LogP contribution in [0.3, 0.4) is 0 Å². The number of fused-ring (bicyclic) bond motifs is 1. The number of carbonyl (C=O) groups is 2. The quantitative estimate of drug-likeness (QED) is 0.467. The largest absolute Gasteiger partial charge is 0.478 e. The molecule has 3 aromatic carbocycles. The van der Waals surface area contributed by atoms with Crippen LogP contribution in [0.2, 0.25) is 0 Å². The summed E-state index contributed by atoms with van der Waals surface area (Å²) in [6, 6.07) is 19.0. The van der Waals surface area contributed by atoms with E-state index < -0.39 is 5.97 Å². The highest BCUT2D eigenvalue weighted by Crippen LogP contribution is 2.28. The van der Waals surface area contributed by atoms with Crippen molar-refractivity contribution < 1.29 is 14.7 Å². The van der Waals surface area contributed by atoms with E-state index >= 15 is 0 Å². The van der Waals surface area contributed by atoms with Crippen molar-refractivity contribution in [1.82, 2.24) is 9.97 Å². The SMILES string of the molecule is CC(=O)Nc1cccc(-c2ccc(-c3nc4c(C(=O)O)cc(C)cc4[nH]3)cc2)c1. The number of carboxylic acid groups (broad SMARTS) is 1. The molecule has 1 heterocycles. The lowest BCUT2D eigenvalue weighted by Gasteiger charge is -2.07. The molecule has 0 spiro atoms. The fourth-order valence-corrected chi connectivity index (χ4v) is 3.36. The first-order valence-electron chi connectivity index (χ1n) is 9.13. The van der Waals surface area contributed by atoms with Gasteiger partial charge in [-0.2, -0.15) is 0 Å². The van der Waals surface area contributed by atoms with Gasteiger partial charge in [0.05, 0.1) is 11.1 Å². The number of carbonyl (C=O) groups excluding carboxylic acids is 1. The topological polar surface area (TPSA) is 95.1 Å². The average molecular weight is 385 g/mol. The van der Waals surface area contributed by atoms with Gasteiger partial charge in [0.25, 0.3) is 0 Å². The Balaban J connectivity index is 1.69. The summed E-state index contributed by atoms with van der Waals surface area (Å²) in [5, 5.41) is 12.2. The highest BCUT2D eigenvalue weighted by molar-refractivity contribution is 6.02. The number of amides is 1. The van der Waals surface area contributed by atoms with Crippen LogP contribution in [0.4, 0.5) is 5.69 Å². The molecular weight excluding hydrogens is 366 g/mol. The number of aromatic carboxylic acids is 1. The number of aryl methyl sites for hydroxylation is 1. The molecule has 29 heavy (non-hydrogen) atoms. The molecule has 0 fully saturated rings. The Bertz CT molecular complexity index is 1240. The second-order valence-corrected chi connectivity index (χ2v) is 6.94. The van der Waals surface area contributed by atoms with E-state index in [9.17, 15) is 14.7 Å². The molecule has 0 radical (unpaired) electrons. The molecule has 0 unspecified atom stereocenters. The fraction of sp³-hybridized carbons (Fsp3) is 0.0870. The van der Waals surface area contributed by atoms with Gasteiger partial charge in [0, 0.05) is 18.2 Å². The predicted octanol–water partition coefficient (Wildman–Crippen LogP) is 4.86. The highest BCUT2D eigenvalue weighted by Gasteiger charge is 2.14. The molecule has 3 N–H and O–H groups in total. The molecule has 144 valence electrons. The monoisotopic (exact) mass is 385 g/mol. The number of aromatic nitrogens is 2. The number of carboxylic acids is 1. The molecule has 0 aliphatic carbocycles. The Morgan fingerprint density at radius 2 is 1.69 bits per heavy atom. The van der Waals surface area contributed by atoms with E-state index in [0.717, 1.165) is 27.9 Å². The first kappa shape index (κ1) is 18.4. The van der Waals surface area contributed by atoms with Gasteiger partial charge < -0.3 is 15.4 Å². The van der Waals surface area contributed by atoms with Crippen molar-refractivity contribution in [3.05, 3.63) is 71.8 Å². The molecule has 6 nitrogen and oxygen atoms in total. The molecule has 1 aromatic heterocycles. The number of benzene rings is 3. The van der Waals surface area contributed by atoms with E-state index in [4.69, 9.17) is 0 Å². The molecular formula is C23H19N3O3. The minimum Gasteiger partial charge on any atom is -0.478 e. The van der Waals surface area contributed by atoms with Gasteiger partial charge in [-0.05, 0) is 47.9 Å². The second kappa shape index (κ2) is 7.24. The molecule has 0 atom stereocenters. The van der Waals surface area contributed by atoms with Crippen molar-refractivity contribution in [2.75, 3.05) is 5.32 Å². The van der Waals surface area contributed by atoms with Crippen molar-refractivity contribution >= 4 is 28.6 Å². The van der Waals surface area contributed by atoms with Crippen LogP contribution in [0.15, 0.2) is 60.7 Å². The Kier molecular flexibility index (Phi) is 4.60. The minimum absolute atomic E-state index is 0.113. The standard InChI is InChI=1S/C23H19N3O3/c1-13-10-19(23(28)29)21-20(11-13)25-22(26-21)16-8-6-15(7-9-16)17-4-3-5-18(12-17)24-14(2)27/h3-12H,1-2H3,(H,24,27)(H,25,26)(H,28,29). The van der Waals surface area contributed by atoms with Gasteiger partial charge in [-0.3, -0.25) is 4.79 Å². The normalized spacial score (nSPS) is 10.8. The molecule has 0 bridgehead atoms. The molecule has 0 saturated carbocycles. The van der Waals surface area contributed by atoms with Crippen LogP contribution < -0.4 is 5.32 Å². The highest BCUT2D eigenvalue weighted by atomic mass is 16.4. The Morgan fingerprint density at radius 3 is 2.38 bits per heavy atom. The molecule has 1 amide bonds. The second-order valence-electron chi connectivity index (χ2n) is 6.94. The number of nitrogens with zero attached hydrogens (tertiary/aromatic N) is 1. The number of aromatic amines is 1. The van der Waals surface area contributed by atoms with Crippen molar-refractivity contribution in [2.45, 2.75) is 13.8 Å². The van der Waals surface area contributed by atoms with Gasteiger partial charge in [-0.15, -0.1) is 0 Å². The summed E-state index contributed by atoms with van der Waals surface area (Å²) in [7, 11) is 0. The van der Waals surface area contributed by atoms with E-state index in [0.29, 0.717) is 16.9 Å². The number of anilines is 1. The lowest BCUT2D eigenvalue weighted by atomic mass is 10.0. The van der Waals surface area contributed by atoms with Crippen LogP contribution in [0.5, 0.6) is 0 Å². The molecule has 0 saturated heterocycles. The third-order valence-electron chi connectivity index (χ3n) is 4.64. The molecule has 0 aliphatic heterocycles. The van der Waals surface area contributed by atoms with Crippen molar-refractivity contribution in [3.8, 4) is 22.5 Å². The number of rotatable bonds is 4. The zero-order valence-corrected chi connectivity index (χ0v) is 16.0. The first-order valence-corrected chi connectivity index (χ1v) is 9.13. The van der Waals surface area contributed by atoms with Crippen LogP contribution in [0.1, 0.15) is 22.8 Å². The molecule has 0 aliphatic rings. The summed E-state index contributed by atoms with van der Waals surface area (Å²) < 4.78 is 0. The summed E-state index contributed by atoms with van der Waals surface area (Å²) >= 11 is 0. The lowest BCUT2D eigenvalue weighted by Crippen LogP contribution is -2.05. The summed E-state index contributed by atoms with van der Waals surface area (Å²) in [4.78, 5) is 30.5. The molecule has 6 heteroatoms. The third-order valence-corrected chi connectivity index (χ3v) is 4.64. The van der Waals surface area contributed by atoms with Gasteiger partial charge in [0.15, 0.2) is 0 Å². The van der Waals surface area contributed by atoms with E-state index in [-0.39, 0.29) is 11.5 Å². The fourth-order valence-electron chi connectivity index (χ4n) is 3.36. The smallest absolute Gasteiger partial charge is 0.337 e. The summed E-state index contributed by atoms with van der Waals surface area (Å²) in [5.74, 6) is -0.490. The first-order chi connectivity index (χ1) is 13.9. The maximum absolute atomic E-state index is 11.5. The maximum Gasteiger partial charge on any atom is 0.337 e. The Labute approximate surface area is 167 Å². The number of nitrogens with one attached hydrogen (secondary N) is 2. The lowest BCUT2D eigenvalue weighted by molar-refractivity contribution is -0.114. The zero-order valence-electron chi connectivity index (χ0n) is 16.0. The van der Waals surface area contributed by atoms with Crippen LogP contribution >= 0.6 is 0 Å². The Hall–Kier alpha value is -3.93. The van der Waals surface area contributed by atoms with Gasteiger partial charge in [-0.1, -0.05) is 36.4 Å². The number of H-pyrrole nitrogens is 1. The van der Waals surface area contributed by atoms with Crippen LogP contribution in [-0.2, 0) is 4.79 Å². The summed E-state index contributed by atoms with van der Waals surface area (Å²) in [5.41, 5.74) is 5.78. The van der Waals surface area contributed by atoms with Crippen molar-refractivity contribution in [1.29, 1.82) is 0 Å². The van der Waals surface area contributed by atoms with Crippen LogP contribution in [0, 0.1) is 6.92 Å². The Morgan fingerprint density at radius 1 is 0.966 bits per heavy atom. The summed E-state index contributed by atoms with van der Waals surface area (Å²) in [6.45, 7) is 3.34. The van der Waals surface area contributed by atoms with E-state index in [1.165, 1.54) is 6.92 Å². The maximum atomic E-state index is 11.5. The summed E-state index contributed by atoms with van der Waals surface area (Å²) in [6.07, 6.45) is 0. The van der Waals surface area contributed by atoms with Crippen molar-refractivity contribution in [2.24, 2.45) is 0 Å². The minimum atomic E-state index is -0.994. The van der Waals surface area contributed by atoms with E-state index in [2.05, 4.69) is 15.3 Å². The molecule has 4 aromatic rings. The van der Waals surface area contributed by atoms with Crippen LogP contribution in [0.25, 0.3) is 33.5 Å². The van der Waals surface area contributed by atoms with Gasteiger partial charge in [-0.25, -0.2) is 9.78 Å². The number of hydrogen-bond acceptors (Lipinski definition) is 3. The predicted molar refractivity (Wildman–Crippen MR) is 113 cm³/mol. The van der Waals surface area contributed by atoms with Gasteiger partial charge in [0.1, 0.15) is 11.3 Å². The third kappa shape index (κ3) is 3.73. The van der Waals surface area contributed by atoms with E-state index in [1.54, 1.807) is 6.07 Å². The van der Waals surface area contributed by atoms with Gasteiger partial charge >= 0.3 is 5.97 Å². The van der Waals surface area contributed by atoms with Crippen molar-refractivity contribution in [3.63, 3.8) is 0 Å². The number of hydrogen-bond donors (Lipinski definition) is 3. The molecule has 4 rings (SSSR count). The average Bonchev–Trinajstić information content (AvgIpc) is 3.11. The van der Waals surface area contributed by atoms with Gasteiger partial charge in [0.2, 0.25) is 5.91 Å². The van der Waals surface area contributed by atoms with E-state index in [1.807, 2.05) is 61.5 Å². The zero-order chi connectivity index (χ0) is 20.5. The number of imidazole rings is 1.